The number of aromatic nitrogens is 1. The van der Waals surface area contributed by atoms with Crippen molar-refractivity contribution in [2.24, 2.45) is 0 Å². The van der Waals surface area contributed by atoms with E-state index in [0.29, 0.717) is 22.5 Å². The molecule has 0 bridgehead atoms. The normalized spacial score (nSPS) is 12.1. The van der Waals surface area contributed by atoms with Gasteiger partial charge in [-0.05, 0) is 59.4 Å². The number of carbonyl (C=O) groups excluding carboxylic acids is 1. The number of anilines is 1. The summed E-state index contributed by atoms with van der Waals surface area (Å²) >= 11 is 6.51. The van der Waals surface area contributed by atoms with Crippen molar-refractivity contribution in [2.75, 3.05) is 5.32 Å². The van der Waals surface area contributed by atoms with Crippen LogP contribution in [0, 0.1) is 0 Å². The molecule has 5 rings (SSSR count). The van der Waals surface area contributed by atoms with Crippen molar-refractivity contribution in [1.29, 1.82) is 0 Å². The molecule has 4 nitrogen and oxygen atoms in total. The first-order valence-corrected chi connectivity index (χ1v) is 12.5. The average molecular weight is 495 g/mol. The summed E-state index contributed by atoms with van der Waals surface area (Å²) in [7, 11) is 0. The minimum Gasteiger partial charge on any atom is -0.436 e. The van der Waals surface area contributed by atoms with Gasteiger partial charge in [0, 0.05) is 5.56 Å². The molecule has 0 spiro atoms. The maximum atomic E-state index is 13.6. The molecule has 0 aliphatic carbocycles. The molecule has 0 saturated carbocycles. The van der Waals surface area contributed by atoms with Crippen LogP contribution in [0.1, 0.15) is 48.8 Å². The van der Waals surface area contributed by atoms with Crippen LogP contribution in [0.3, 0.4) is 0 Å². The zero-order valence-electron chi connectivity index (χ0n) is 20.2. The van der Waals surface area contributed by atoms with E-state index in [4.69, 9.17) is 21.0 Å². The number of rotatable bonds is 7. The second-order valence-corrected chi connectivity index (χ2v) is 9.40. The predicted octanol–water partition coefficient (Wildman–Crippen LogP) is 8.43. The maximum absolute atomic E-state index is 13.6. The number of hydrogen-bond acceptors (Lipinski definition) is 3. The van der Waals surface area contributed by atoms with Crippen LogP contribution < -0.4 is 5.32 Å². The Morgan fingerprint density at radius 3 is 2.19 bits per heavy atom. The lowest BCUT2D eigenvalue weighted by Crippen LogP contribution is -2.22. The molecular weight excluding hydrogens is 468 g/mol. The largest absolute Gasteiger partial charge is 0.436 e. The highest BCUT2D eigenvalue weighted by Gasteiger charge is 2.23. The van der Waals surface area contributed by atoms with Crippen LogP contribution in [-0.4, -0.2) is 10.9 Å². The summed E-state index contributed by atoms with van der Waals surface area (Å²) < 4.78 is 6.04. The number of fused-ring (bicyclic) bond motifs is 1. The van der Waals surface area contributed by atoms with Crippen LogP contribution in [0.5, 0.6) is 0 Å². The Morgan fingerprint density at radius 2 is 1.56 bits per heavy atom. The molecule has 1 amide bonds. The van der Waals surface area contributed by atoms with Crippen molar-refractivity contribution in [3.63, 3.8) is 0 Å². The molecule has 36 heavy (non-hydrogen) atoms. The van der Waals surface area contributed by atoms with Gasteiger partial charge in [0.25, 0.3) is 0 Å². The molecule has 180 valence electrons. The minimum absolute atomic E-state index is 0.165. The van der Waals surface area contributed by atoms with Crippen LogP contribution >= 0.6 is 11.6 Å². The zero-order valence-corrected chi connectivity index (χ0v) is 21.0. The van der Waals surface area contributed by atoms with Gasteiger partial charge in [-0.3, -0.25) is 4.79 Å². The minimum atomic E-state index is -0.476. The van der Waals surface area contributed by atoms with Gasteiger partial charge in [-0.25, -0.2) is 4.98 Å². The first-order chi connectivity index (χ1) is 17.5. The molecule has 0 aliphatic rings. The van der Waals surface area contributed by atoms with E-state index in [1.807, 2.05) is 78.9 Å². The molecular formula is C31H27ClN2O2. The third kappa shape index (κ3) is 4.91. The summed E-state index contributed by atoms with van der Waals surface area (Å²) in [5.41, 5.74) is 5.85. The van der Waals surface area contributed by atoms with E-state index in [9.17, 15) is 4.79 Å². The van der Waals surface area contributed by atoms with Crippen molar-refractivity contribution in [3.05, 3.63) is 119 Å². The second-order valence-electron chi connectivity index (χ2n) is 8.99. The Kier molecular flexibility index (Phi) is 6.88. The summed E-state index contributed by atoms with van der Waals surface area (Å²) in [5.74, 6) is 0.299. The first-order valence-electron chi connectivity index (χ1n) is 12.1. The Morgan fingerprint density at radius 1 is 0.889 bits per heavy atom. The Hall–Kier alpha value is -3.89. The quantitative estimate of drug-likeness (QED) is 0.247. The number of halogens is 1. The van der Waals surface area contributed by atoms with Gasteiger partial charge in [-0.2, -0.15) is 0 Å². The van der Waals surface area contributed by atoms with Crippen molar-refractivity contribution >= 4 is 34.3 Å². The monoisotopic (exact) mass is 494 g/mol. The third-order valence-corrected chi connectivity index (χ3v) is 6.92. The van der Waals surface area contributed by atoms with E-state index in [1.54, 1.807) is 6.07 Å². The fraction of sp³-hybridized carbons (Fsp3) is 0.161. The number of oxazole rings is 1. The lowest BCUT2D eigenvalue weighted by molar-refractivity contribution is -0.116. The highest BCUT2D eigenvalue weighted by Crippen LogP contribution is 2.33. The average Bonchev–Trinajstić information content (AvgIpc) is 3.34. The van der Waals surface area contributed by atoms with Crippen LogP contribution in [0.4, 0.5) is 5.69 Å². The smallest absolute Gasteiger partial charge is 0.236 e. The van der Waals surface area contributed by atoms with Gasteiger partial charge in [0.2, 0.25) is 11.8 Å². The summed E-state index contributed by atoms with van der Waals surface area (Å²) in [6, 6.07) is 31.0. The highest BCUT2D eigenvalue weighted by molar-refractivity contribution is 6.34. The number of nitrogens with one attached hydrogen (secondary N) is 1. The predicted molar refractivity (Wildman–Crippen MR) is 147 cm³/mol. The maximum Gasteiger partial charge on any atom is 0.236 e. The number of carbonyl (C=O) groups is 1. The number of benzene rings is 4. The zero-order chi connectivity index (χ0) is 25.1. The third-order valence-electron chi connectivity index (χ3n) is 6.59. The molecule has 1 N–H and O–H groups in total. The van der Waals surface area contributed by atoms with Gasteiger partial charge in [0.1, 0.15) is 5.52 Å². The number of nitrogens with zero attached hydrogens (tertiary/aromatic N) is 1. The van der Waals surface area contributed by atoms with Gasteiger partial charge < -0.3 is 9.73 Å². The fourth-order valence-corrected chi connectivity index (χ4v) is 4.52. The SMILES string of the molecule is CC[C@@H](C)c1ccc2oc(-c3ccc(Cl)c(NC(=O)C(c4ccccc4)c4ccccc4)c3)nc2c1. The Labute approximate surface area is 216 Å². The second kappa shape index (κ2) is 10.4. The molecule has 0 unspecified atom stereocenters. The molecule has 0 radical (unpaired) electrons. The van der Waals surface area contributed by atoms with E-state index >= 15 is 0 Å². The van der Waals surface area contributed by atoms with Gasteiger partial charge in [0.15, 0.2) is 5.58 Å². The summed E-state index contributed by atoms with van der Waals surface area (Å²) in [5, 5.41) is 3.49. The van der Waals surface area contributed by atoms with Crippen LogP contribution in [0.15, 0.2) is 101 Å². The molecule has 1 atom stereocenters. The highest BCUT2D eigenvalue weighted by atomic mass is 35.5. The van der Waals surface area contributed by atoms with Crippen LogP contribution in [0.25, 0.3) is 22.6 Å². The molecule has 4 aromatic carbocycles. The van der Waals surface area contributed by atoms with Gasteiger partial charge in [-0.15, -0.1) is 0 Å². The van der Waals surface area contributed by atoms with Crippen LogP contribution in [-0.2, 0) is 4.79 Å². The van der Waals surface area contributed by atoms with E-state index < -0.39 is 5.92 Å². The number of hydrogen-bond donors (Lipinski definition) is 1. The van der Waals surface area contributed by atoms with E-state index in [1.165, 1.54) is 5.56 Å². The molecule has 5 aromatic rings. The van der Waals surface area contributed by atoms with Crippen molar-refractivity contribution in [3.8, 4) is 11.5 Å². The lowest BCUT2D eigenvalue weighted by atomic mass is 9.90. The molecule has 0 aliphatic heterocycles. The lowest BCUT2D eigenvalue weighted by Gasteiger charge is -2.18. The Balaban J connectivity index is 1.47. The van der Waals surface area contributed by atoms with Crippen LogP contribution in [0.2, 0.25) is 5.02 Å². The summed E-state index contributed by atoms with van der Waals surface area (Å²) in [6.45, 7) is 4.38. The van der Waals surface area contributed by atoms with E-state index in [2.05, 4.69) is 31.3 Å². The van der Waals surface area contributed by atoms with Crippen molar-refractivity contribution in [1.82, 2.24) is 4.98 Å². The molecule has 1 heterocycles. The fourth-order valence-electron chi connectivity index (χ4n) is 4.36. The van der Waals surface area contributed by atoms with Gasteiger partial charge in [-0.1, -0.05) is 92.2 Å². The summed E-state index contributed by atoms with van der Waals surface area (Å²) in [4.78, 5) is 18.3. The van der Waals surface area contributed by atoms with E-state index in [0.717, 1.165) is 34.2 Å². The molecule has 0 saturated heterocycles. The topological polar surface area (TPSA) is 55.1 Å². The number of amides is 1. The van der Waals surface area contributed by atoms with Gasteiger partial charge >= 0.3 is 0 Å². The Bertz CT molecular complexity index is 1460. The van der Waals surface area contributed by atoms with E-state index in [-0.39, 0.29) is 5.91 Å². The summed E-state index contributed by atoms with van der Waals surface area (Å²) in [6.07, 6.45) is 1.06. The van der Waals surface area contributed by atoms with Crippen molar-refractivity contribution < 1.29 is 9.21 Å². The molecule has 1 aromatic heterocycles. The standard InChI is InChI=1S/C31H27ClN2O2/c1-3-20(2)23-15-17-28-27(18-23)34-31(36-28)24-14-16-25(32)26(19-24)33-30(35)29(21-10-6-4-7-11-21)22-12-8-5-9-13-22/h4-20,29H,3H2,1-2H3,(H,33,35)/t20-/m1/s1. The first kappa shape index (κ1) is 23.8. The molecule has 0 fully saturated rings. The van der Waals surface area contributed by atoms with Gasteiger partial charge in [0.05, 0.1) is 16.6 Å². The molecule has 5 heteroatoms. The van der Waals surface area contributed by atoms with Crippen molar-refractivity contribution in [2.45, 2.75) is 32.1 Å².